The molecule has 0 amide bonds. The summed E-state index contributed by atoms with van der Waals surface area (Å²) in [5.74, 6) is 0. The van der Waals surface area contributed by atoms with E-state index in [2.05, 4.69) is 11.8 Å². The lowest BCUT2D eigenvalue weighted by Gasteiger charge is -2.41. The van der Waals surface area contributed by atoms with Crippen molar-refractivity contribution in [3.05, 3.63) is 0 Å². The zero-order chi connectivity index (χ0) is 9.31. The first-order valence-electron chi connectivity index (χ1n) is 5.79. The molecule has 1 saturated carbocycles. The van der Waals surface area contributed by atoms with Crippen LogP contribution in [0, 0.1) is 0 Å². The predicted molar refractivity (Wildman–Crippen MR) is 55.7 cm³/mol. The normalized spacial score (nSPS) is 33.2. The van der Waals surface area contributed by atoms with Gasteiger partial charge in [-0.2, -0.15) is 0 Å². The minimum Gasteiger partial charge on any atom is -0.329 e. The molecule has 76 valence electrons. The lowest BCUT2D eigenvalue weighted by Crippen LogP contribution is -2.51. The molecule has 2 heteroatoms. The smallest absolute Gasteiger partial charge is 0.0336 e. The van der Waals surface area contributed by atoms with Gasteiger partial charge in [-0.25, -0.2) is 0 Å². The summed E-state index contributed by atoms with van der Waals surface area (Å²) >= 11 is 0. The van der Waals surface area contributed by atoms with Gasteiger partial charge in [-0.1, -0.05) is 13.3 Å². The molecule has 1 atom stereocenters. The molecule has 0 spiro atoms. The highest BCUT2D eigenvalue weighted by Crippen LogP contribution is 2.44. The summed E-state index contributed by atoms with van der Waals surface area (Å²) in [4.78, 5) is 2.72. The summed E-state index contributed by atoms with van der Waals surface area (Å²) in [7, 11) is 0. The first-order valence-corrected chi connectivity index (χ1v) is 5.79. The van der Waals surface area contributed by atoms with E-state index in [-0.39, 0.29) is 0 Å². The Bertz CT molecular complexity index is 175. The molecule has 1 heterocycles. The number of hydrogen-bond donors (Lipinski definition) is 1. The van der Waals surface area contributed by atoms with E-state index in [9.17, 15) is 0 Å². The Labute approximate surface area is 81.5 Å². The summed E-state index contributed by atoms with van der Waals surface area (Å²) in [6.07, 6.45) is 8.22. The molecule has 1 aliphatic heterocycles. The third-order valence-corrected chi connectivity index (χ3v) is 3.91. The number of hydrogen-bond acceptors (Lipinski definition) is 2. The molecule has 2 N–H and O–H groups in total. The Morgan fingerprint density at radius 1 is 1.38 bits per heavy atom. The molecule has 0 aromatic heterocycles. The number of piperidine rings is 1. The molecular weight excluding hydrogens is 160 g/mol. The maximum absolute atomic E-state index is 5.87. The molecule has 2 aliphatic rings. The standard InChI is InChI=1S/C11H22N2/c1-2-10-5-3-4-8-13(10)11(9-12)6-7-11/h10H,2-9,12H2,1H3. The van der Waals surface area contributed by atoms with Crippen molar-refractivity contribution in [2.24, 2.45) is 5.73 Å². The van der Waals surface area contributed by atoms with Gasteiger partial charge >= 0.3 is 0 Å². The second-order valence-electron chi connectivity index (χ2n) is 4.68. The molecule has 2 rings (SSSR count). The van der Waals surface area contributed by atoms with Crippen molar-refractivity contribution < 1.29 is 0 Å². The van der Waals surface area contributed by atoms with Gasteiger partial charge < -0.3 is 5.73 Å². The average molecular weight is 182 g/mol. The fourth-order valence-corrected chi connectivity index (χ4v) is 2.80. The Morgan fingerprint density at radius 3 is 2.69 bits per heavy atom. The molecule has 0 bridgehead atoms. The Hall–Kier alpha value is -0.0800. The minimum absolute atomic E-state index is 0.446. The SMILES string of the molecule is CCC1CCCCN1C1(CN)CC1. The van der Waals surface area contributed by atoms with E-state index in [1.807, 2.05) is 0 Å². The molecule has 13 heavy (non-hydrogen) atoms. The molecule has 1 saturated heterocycles. The Morgan fingerprint density at radius 2 is 2.15 bits per heavy atom. The van der Waals surface area contributed by atoms with Gasteiger partial charge in [-0.3, -0.25) is 4.90 Å². The maximum atomic E-state index is 5.87. The van der Waals surface area contributed by atoms with Crippen molar-refractivity contribution in [2.75, 3.05) is 13.1 Å². The van der Waals surface area contributed by atoms with Crippen molar-refractivity contribution in [1.82, 2.24) is 4.90 Å². The average Bonchev–Trinajstić information content (AvgIpc) is 2.98. The van der Waals surface area contributed by atoms with Crippen molar-refractivity contribution in [2.45, 2.75) is 57.0 Å². The minimum atomic E-state index is 0.446. The van der Waals surface area contributed by atoms with E-state index in [0.29, 0.717) is 5.54 Å². The van der Waals surface area contributed by atoms with Crippen molar-refractivity contribution in [1.29, 1.82) is 0 Å². The zero-order valence-corrected chi connectivity index (χ0v) is 8.76. The van der Waals surface area contributed by atoms with Crippen LogP contribution in [0.5, 0.6) is 0 Å². The van der Waals surface area contributed by atoms with Gasteiger partial charge in [0.2, 0.25) is 0 Å². The van der Waals surface area contributed by atoms with Crippen LogP contribution in [-0.4, -0.2) is 29.6 Å². The second-order valence-corrected chi connectivity index (χ2v) is 4.68. The van der Waals surface area contributed by atoms with Crippen LogP contribution in [0.4, 0.5) is 0 Å². The molecule has 0 radical (unpaired) electrons. The monoisotopic (exact) mass is 182 g/mol. The Kier molecular flexibility index (Phi) is 2.61. The van der Waals surface area contributed by atoms with E-state index in [1.54, 1.807) is 0 Å². The van der Waals surface area contributed by atoms with E-state index >= 15 is 0 Å². The summed E-state index contributed by atoms with van der Waals surface area (Å²) in [6, 6.07) is 0.833. The van der Waals surface area contributed by atoms with Crippen LogP contribution in [0.25, 0.3) is 0 Å². The lowest BCUT2D eigenvalue weighted by atomic mass is 9.97. The van der Waals surface area contributed by atoms with Crippen molar-refractivity contribution >= 4 is 0 Å². The lowest BCUT2D eigenvalue weighted by molar-refractivity contribution is 0.0811. The highest BCUT2D eigenvalue weighted by Gasteiger charge is 2.48. The number of rotatable bonds is 3. The van der Waals surface area contributed by atoms with Crippen LogP contribution in [0.3, 0.4) is 0 Å². The highest BCUT2D eigenvalue weighted by atomic mass is 15.3. The molecule has 1 unspecified atom stereocenters. The van der Waals surface area contributed by atoms with E-state index in [0.717, 1.165) is 12.6 Å². The van der Waals surface area contributed by atoms with Gasteiger partial charge in [-0.05, 0) is 38.6 Å². The maximum Gasteiger partial charge on any atom is 0.0336 e. The van der Waals surface area contributed by atoms with Crippen LogP contribution >= 0.6 is 0 Å². The quantitative estimate of drug-likeness (QED) is 0.720. The Balaban J connectivity index is 2.02. The third-order valence-electron chi connectivity index (χ3n) is 3.91. The summed E-state index contributed by atoms with van der Waals surface area (Å²) < 4.78 is 0. The van der Waals surface area contributed by atoms with Crippen molar-refractivity contribution in [3.63, 3.8) is 0 Å². The summed E-state index contributed by atoms with van der Waals surface area (Å²) in [5, 5.41) is 0. The van der Waals surface area contributed by atoms with Gasteiger partial charge in [0.25, 0.3) is 0 Å². The van der Waals surface area contributed by atoms with Gasteiger partial charge in [-0.15, -0.1) is 0 Å². The van der Waals surface area contributed by atoms with Gasteiger partial charge in [0.15, 0.2) is 0 Å². The fraction of sp³-hybridized carbons (Fsp3) is 1.00. The fourth-order valence-electron chi connectivity index (χ4n) is 2.80. The zero-order valence-electron chi connectivity index (χ0n) is 8.76. The first-order chi connectivity index (χ1) is 6.32. The first kappa shape index (κ1) is 9.47. The highest BCUT2D eigenvalue weighted by molar-refractivity contribution is 5.07. The van der Waals surface area contributed by atoms with Gasteiger partial charge in [0.1, 0.15) is 0 Å². The number of nitrogens with two attached hydrogens (primary N) is 1. The molecular formula is C11H22N2. The van der Waals surface area contributed by atoms with Crippen molar-refractivity contribution in [3.8, 4) is 0 Å². The predicted octanol–water partition coefficient (Wildman–Crippen LogP) is 1.74. The van der Waals surface area contributed by atoms with E-state index in [4.69, 9.17) is 5.73 Å². The van der Waals surface area contributed by atoms with Crippen LogP contribution in [0.15, 0.2) is 0 Å². The molecule has 2 fully saturated rings. The summed E-state index contributed by atoms with van der Waals surface area (Å²) in [5.41, 5.74) is 6.32. The molecule has 0 aromatic rings. The molecule has 2 nitrogen and oxygen atoms in total. The van der Waals surface area contributed by atoms with Crippen LogP contribution in [-0.2, 0) is 0 Å². The van der Waals surface area contributed by atoms with Gasteiger partial charge in [0, 0.05) is 18.1 Å². The van der Waals surface area contributed by atoms with E-state index in [1.165, 1.54) is 45.1 Å². The summed E-state index contributed by atoms with van der Waals surface area (Å²) in [6.45, 7) is 4.49. The van der Waals surface area contributed by atoms with Crippen LogP contribution < -0.4 is 5.73 Å². The third kappa shape index (κ3) is 1.62. The number of likely N-dealkylation sites (tertiary alicyclic amines) is 1. The molecule has 1 aliphatic carbocycles. The number of nitrogens with zero attached hydrogens (tertiary/aromatic N) is 1. The largest absolute Gasteiger partial charge is 0.329 e. The van der Waals surface area contributed by atoms with Crippen LogP contribution in [0.1, 0.15) is 45.4 Å². The molecule has 0 aromatic carbocycles. The van der Waals surface area contributed by atoms with Crippen LogP contribution in [0.2, 0.25) is 0 Å². The van der Waals surface area contributed by atoms with Gasteiger partial charge in [0.05, 0.1) is 0 Å². The second kappa shape index (κ2) is 3.58. The topological polar surface area (TPSA) is 29.3 Å². The van der Waals surface area contributed by atoms with E-state index < -0.39 is 0 Å².